The first-order valence-electron chi connectivity index (χ1n) is 8.64. The summed E-state index contributed by atoms with van der Waals surface area (Å²) in [6.45, 7) is 0.740. The molecule has 0 aliphatic carbocycles. The van der Waals surface area contributed by atoms with Crippen molar-refractivity contribution in [2.75, 3.05) is 13.2 Å². The fraction of sp³-hybridized carbons (Fsp3) is 0.136. The number of amides is 1. The van der Waals surface area contributed by atoms with Gasteiger partial charge in [0.2, 0.25) is 0 Å². The lowest BCUT2D eigenvalue weighted by Crippen LogP contribution is -2.28. The number of benzene rings is 3. The number of carbonyl (C=O) groups is 1. The third kappa shape index (κ3) is 6.15. The Morgan fingerprint density at radius 3 is 2.33 bits per heavy atom. The molecule has 0 radical (unpaired) electrons. The van der Waals surface area contributed by atoms with Gasteiger partial charge in [0.05, 0.1) is 6.54 Å². The topological polar surface area (TPSA) is 38.3 Å². The lowest BCUT2D eigenvalue weighted by atomic mass is 10.2. The highest BCUT2D eigenvalue weighted by molar-refractivity contribution is 7.98. The van der Waals surface area contributed by atoms with E-state index in [2.05, 4.69) is 17.4 Å². The zero-order chi connectivity index (χ0) is 18.9. The third-order valence-electron chi connectivity index (χ3n) is 3.83. The molecule has 0 saturated heterocycles. The van der Waals surface area contributed by atoms with E-state index in [-0.39, 0.29) is 11.7 Å². The van der Waals surface area contributed by atoms with E-state index in [9.17, 15) is 9.18 Å². The van der Waals surface area contributed by atoms with Gasteiger partial charge in [0.1, 0.15) is 18.2 Å². The maximum Gasteiger partial charge on any atom is 0.251 e. The van der Waals surface area contributed by atoms with Gasteiger partial charge in [-0.3, -0.25) is 4.79 Å². The molecule has 3 aromatic carbocycles. The number of carbonyl (C=O) groups excluding carboxylic acids is 1. The maximum atomic E-state index is 12.9. The third-order valence-corrected chi connectivity index (χ3v) is 4.92. The van der Waals surface area contributed by atoms with Gasteiger partial charge in [-0.2, -0.15) is 0 Å². The molecule has 0 heterocycles. The molecule has 0 fully saturated rings. The Balaban J connectivity index is 1.38. The molecule has 0 bridgehead atoms. The Kier molecular flexibility index (Phi) is 6.88. The summed E-state index contributed by atoms with van der Waals surface area (Å²) in [7, 11) is 0. The number of thioether (sulfide) groups is 1. The Morgan fingerprint density at radius 2 is 1.63 bits per heavy atom. The summed E-state index contributed by atoms with van der Waals surface area (Å²) < 4.78 is 18.5. The van der Waals surface area contributed by atoms with Crippen molar-refractivity contribution in [3.05, 3.63) is 95.8 Å². The van der Waals surface area contributed by atoms with Crippen LogP contribution in [0.25, 0.3) is 0 Å². The predicted octanol–water partition coefficient (Wildman–Crippen LogP) is 4.93. The number of rotatable bonds is 8. The summed E-state index contributed by atoms with van der Waals surface area (Å²) in [6, 6.07) is 23.7. The summed E-state index contributed by atoms with van der Waals surface area (Å²) >= 11 is 1.77. The molecule has 1 amide bonds. The van der Waals surface area contributed by atoms with Crippen molar-refractivity contribution in [2.24, 2.45) is 0 Å². The largest absolute Gasteiger partial charge is 0.492 e. The van der Waals surface area contributed by atoms with E-state index in [1.54, 1.807) is 11.8 Å². The SMILES string of the molecule is O=C(NCCOc1ccc(SCc2ccccc2)cc1)c1ccc(F)cc1. The molecule has 5 heteroatoms. The molecule has 0 saturated carbocycles. The fourth-order valence-electron chi connectivity index (χ4n) is 2.41. The van der Waals surface area contributed by atoms with Crippen LogP contribution in [0.1, 0.15) is 15.9 Å². The average molecular weight is 381 g/mol. The minimum Gasteiger partial charge on any atom is -0.492 e. The van der Waals surface area contributed by atoms with Crippen LogP contribution in [0.4, 0.5) is 4.39 Å². The van der Waals surface area contributed by atoms with Crippen LogP contribution in [0.5, 0.6) is 5.75 Å². The molecule has 0 aliphatic rings. The van der Waals surface area contributed by atoms with Crippen molar-refractivity contribution in [3.8, 4) is 5.75 Å². The maximum absolute atomic E-state index is 12.9. The number of halogens is 1. The highest BCUT2D eigenvalue weighted by Crippen LogP contribution is 2.24. The number of hydrogen-bond donors (Lipinski definition) is 1. The van der Waals surface area contributed by atoms with E-state index in [1.807, 2.05) is 42.5 Å². The monoisotopic (exact) mass is 381 g/mol. The second-order valence-electron chi connectivity index (χ2n) is 5.86. The van der Waals surface area contributed by atoms with Gasteiger partial charge < -0.3 is 10.1 Å². The zero-order valence-corrected chi connectivity index (χ0v) is 15.5. The van der Waals surface area contributed by atoms with Crippen LogP contribution < -0.4 is 10.1 Å². The van der Waals surface area contributed by atoms with Crippen LogP contribution in [-0.4, -0.2) is 19.1 Å². The lowest BCUT2D eigenvalue weighted by Gasteiger charge is -2.09. The second kappa shape index (κ2) is 9.78. The smallest absolute Gasteiger partial charge is 0.251 e. The Hall–Kier alpha value is -2.79. The minimum absolute atomic E-state index is 0.244. The van der Waals surface area contributed by atoms with Crippen LogP contribution in [0, 0.1) is 5.82 Å². The normalized spacial score (nSPS) is 10.4. The predicted molar refractivity (Wildman–Crippen MR) is 107 cm³/mol. The summed E-state index contributed by atoms with van der Waals surface area (Å²) in [5.41, 5.74) is 1.72. The highest BCUT2D eigenvalue weighted by atomic mass is 32.2. The number of hydrogen-bond acceptors (Lipinski definition) is 3. The molecule has 3 aromatic rings. The first-order valence-corrected chi connectivity index (χ1v) is 9.62. The van der Waals surface area contributed by atoms with Gasteiger partial charge in [-0.05, 0) is 54.1 Å². The molecule has 1 N–H and O–H groups in total. The van der Waals surface area contributed by atoms with E-state index < -0.39 is 0 Å². The molecule has 0 spiro atoms. The summed E-state index contributed by atoms with van der Waals surface area (Å²) in [5, 5.41) is 2.75. The lowest BCUT2D eigenvalue weighted by molar-refractivity contribution is 0.0947. The van der Waals surface area contributed by atoms with Crippen molar-refractivity contribution in [1.29, 1.82) is 0 Å². The molecule has 0 aliphatic heterocycles. The molecule has 3 nitrogen and oxygen atoms in total. The average Bonchev–Trinajstić information content (AvgIpc) is 2.71. The van der Waals surface area contributed by atoms with Crippen molar-refractivity contribution in [2.45, 2.75) is 10.6 Å². The van der Waals surface area contributed by atoms with Gasteiger partial charge in [-0.25, -0.2) is 4.39 Å². The first kappa shape index (κ1) is 19.0. The standard InChI is InChI=1S/C22H20FNO2S/c23-19-8-6-18(7-9-19)22(25)24-14-15-26-20-10-12-21(13-11-20)27-16-17-4-2-1-3-5-17/h1-13H,14-16H2,(H,24,25). The van der Waals surface area contributed by atoms with Crippen molar-refractivity contribution in [1.82, 2.24) is 5.32 Å². The molecule has 0 unspecified atom stereocenters. The Bertz CT molecular complexity index is 852. The molecular formula is C22H20FNO2S. The van der Waals surface area contributed by atoms with Crippen molar-refractivity contribution >= 4 is 17.7 Å². The summed E-state index contributed by atoms with van der Waals surface area (Å²) in [5.74, 6) is 1.08. The number of ether oxygens (including phenoxy) is 1. The van der Waals surface area contributed by atoms with Gasteiger partial charge >= 0.3 is 0 Å². The first-order chi connectivity index (χ1) is 13.2. The van der Waals surface area contributed by atoms with Crippen molar-refractivity contribution in [3.63, 3.8) is 0 Å². The number of nitrogens with one attached hydrogen (secondary N) is 1. The summed E-state index contributed by atoms with van der Waals surface area (Å²) in [6.07, 6.45) is 0. The Morgan fingerprint density at radius 1 is 0.926 bits per heavy atom. The van der Waals surface area contributed by atoms with E-state index in [4.69, 9.17) is 4.74 Å². The molecule has 27 heavy (non-hydrogen) atoms. The second-order valence-corrected chi connectivity index (χ2v) is 6.91. The molecular weight excluding hydrogens is 361 g/mol. The zero-order valence-electron chi connectivity index (χ0n) is 14.7. The highest BCUT2D eigenvalue weighted by Gasteiger charge is 2.04. The summed E-state index contributed by atoms with van der Waals surface area (Å²) in [4.78, 5) is 13.1. The van der Waals surface area contributed by atoms with Crippen molar-refractivity contribution < 1.29 is 13.9 Å². The van der Waals surface area contributed by atoms with Crippen LogP contribution in [0.15, 0.2) is 83.8 Å². The Labute approximate surface area is 162 Å². The minimum atomic E-state index is -0.361. The fourth-order valence-corrected chi connectivity index (χ4v) is 3.26. The molecule has 0 aromatic heterocycles. The van der Waals surface area contributed by atoms with Gasteiger partial charge in [0.15, 0.2) is 0 Å². The van der Waals surface area contributed by atoms with Crippen LogP contribution in [-0.2, 0) is 5.75 Å². The van der Waals surface area contributed by atoms with E-state index in [1.165, 1.54) is 34.7 Å². The van der Waals surface area contributed by atoms with Gasteiger partial charge in [0, 0.05) is 16.2 Å². The van der Waals surface area contributed by atoms with Crippen LogP contribution in [0.3, 0.4) is 0 Å². The van der Waals surface area contributed by atoms with Crippen LogP contribution >= 0.6 is 11.8 Å². The van der Waals surface area contributed by atoms with Gasteiger partial charge in [-0.15, -0.1) is 11.8 Å². The van der Waals surface area contributed by atoms with Gasteiger partial charge in [0.25, 0.3) is 5.91 Å². The van der Waals surface area contributed by atoms with E-state index in [0.29, 0.717) is 18.7 Å². The molecule has 3 rings (SSSR count). The molecule has 0 atom stereocenters. The van der Waals surface area contributed by atoms with Gasteiger partial charge in [-0.1, -0.05) is 30.3 Å². The van der Waals surface area contributed by atoms with E-state index >= 15 is 0 Å². The van der Waals surface area contributed by atoms with Crippen LogP contribution in [0.2, 0.25) is 0 Å². The quantitative estimate of drug-likeness (QED) is 0.444. The molecule has 138 valence electrons. The van der Waals surface area contributed by atoms with E-state index in [0.717, 1.165) is 11.5 Å².